The van der Waals surface area contributed by atoms with Gasteiger partial charge in [0.15, 0.2) is 18.5 Å². The molecule has 0 bridgehead atoms. The number of alkyl halides is 5. The molecule has 0 saturated carbocycles. The normalized spacial score (nSPS) is 45.7. The molecule has 0 aromatic heterocycles. The van der Waals surface area contributed by atoms with E-state index < -0.39 is 43.2 Å². The van der Waals surface area contributed by atoms with Crippen LogP contribution in [0, 0.1) is 0 Å². The van der Waals surface area contributed by atoms with Gasteiger partial charge in [-0.25, -0.2) is 13.2 Å². The molecule has 4 atom stereocenters. The van der Waals surface area contributed by atoms with Gasteiger partial charge in [-0.15, -0.1) is 0 Å². The quantitative estimate of drug-likeness (QED) is 0.437. The van der Waals surface area contributed by atoms with Crippen LogP contribution in [-0.2, 0) is 0 Å². The predicted octanol–water partition coefficient (Wildman–Crippen LogP) is 1.88. The molecule has 4 unspecified atom stereocenters. The van der Waals surface area contributed by atoms with Gasteiger partial charge in [-0.2, -0.15) is 0 Å². The van der Waals surface area contributed by atoms with Crippen LogP contribution in [0.15, 0.2) is 0 Å². The highest BCUT2D eigenvalue weighted by molar-refractivity contribution is 6.54. The molecule has 0 N–H and O–H groups in total. The van der Waals surface area contributed by atoms with Crippen LogP contribution >= 0.6 is 0 Å². The van der Waals surface area contributed by atoms with E-state index in [-0.39, 0.29) is 4.70 Å². The number of halogens is 7. The molecule has 1 aliphatic rings. The Morgan fingerprint density at radius 1 is 0.692 bits per heavy atom. The lowest BCUT2D eigenvalue weighted by atomic mass is 10.1. The largest absolute Gasteiger partial charge is 0.596 e. The van der Waals surface area contributed by atoms with Crippen LogP contribution in [0.25, 0.3) is 0 Å². The van der Waals surface area contributed by atoms with Gasteiger partial charge in [0, 0.05) is 0 Å². The summed E-state index contributed by atoms with van der Waals surface area (Å²) in [7, 11) is 0. The zero-order valence-corrected chi connectivity index (χ0v) is 7.29. The molecule has 0 aromatic rings. The summed E-state index contributed by atoms with van der Waals surface area (Å²) in [4.78, 5) is 0. The van der Waals surface area contributed by atoms with E-state index in [2.05, 4.69) is 0 Å². The maximum atomic E-state index is 12.4. The smallest absolute Gasteiger partial charge is 0.411 e. The molecule has 0 amide bonds. The van der Waals surface area contributed by atoms with Crippen molar-refractivity contribution in [1.82, 2.24) is 0 Å². The highest BCUT2D eigenvalue weighted by Crippen LogP contribution is 2.31. The van der Waals surface area contributed by atoms with Crippen LogP contribution in [0.2, 0.25) is 0 Å². The summed E-state index contributed by atoms with van der Waals surface area (Å²) < 4.78 is 73.8. The Kier molecular flexibility index (Phi) is 4.53. The average molecular weight is 226 g/mol. The van der Waals surface area contributed by atoms with Gasteiger partial charge in [-0.1, -0.05) is 0 Å². The van der Waals surface area contributed by atoms with Crippen molar-refractivity contribution in [2.45, 2.75) is 28.6 Å². The summed E-state index contributed by atoms with van der Waals surface area (Å²) in [5.74, 6) is 0. The molecular weight excluding hydrogens is 220 g/mol. The van der Waals surface area contributed by atoms with Crippen molar-refractivity contribution < 1.29 is 30.2 Å². The molecule has 1 fully saturated rings. The molecule has 0 aromatic carbocycles. The first-order valence-corrected chi connectivity index (χ1v) is 5.08. The van der Waals surface area contributed by atoms with Gasteiger partial charge in [0.25, 0.3) is 0 Å². The van der Waals surface area contributed by atoms with Crippen molar-refractivity contribution >= 4 is 14.6 Å². The first kappa shape index (κ1) is 13.0. The molecule has 0 spiro atoms. The van der Waals surface area contributed by atoms with E-state index in [1.165, 1.54) is 0 Å². The molecule has 78 valence electrons. The second kappa shape index (κ2) is 4.51. The second-order valence-electron chi connectivity index (χ2n) is 2.67. The zero-order valence-electron chi connectivity index (χ0n) is 6.14. The van der Waals surface area contributed by atoms with Gasteiger partial charge in [-0.05, 0) is 0 Å². The first-order valence-electron chi connectivity index (χ1n) is 3.31. The van der Waals surface area contributed by atoms with Gasteiger partial charge < -0.3 is 3.52 Å². The zero-order chi connectivity index (χ0) is 9.46. The average Bonchev–Trinajstić information content (AvgIpc) is 2.08. The van der Waals surface area contributed by atoms with E-state index in [1.807, 2.05) is 0 Å². The summed E-state index contributed by atoms with van der Waals surface area (Å²) in [6.45, 7) is 0. The lowest BCUT2D eigenvalue weighted by Gasteiger charge is -2.29. The molecule has 1 heterocycles. The lowest BCUT2D eigenvalue weighted by molar-refractivity contribution is 0.00833. The second-order valence-corrected chi connectivity index (χ2v) is 4.83. The summed E-state index contributed by atoms with van der Waals surface area (Å²) in [6, 6.07) is 0. The van der Waals surface area contributed by atoms with Gasteiger partial charge in [0.05, 0.1) is 0 Å². The Morgan fingerprint density at radius 2 is 1.00 bits per heavy atom. The highest BCUT2D eigenvalue weighted by atomic mass is 27.2. The summed E-state index contributed by atoms with van der Waals surface area (Å²) in [5.41, 5.74) is 0. The summed E-state index contributed by atoms with van der Waals surface area (Å²) in [5, 5.41) is -5.55. The van der Waals surface area contributed by atoms with Crippen LogP contribution in [0.1, 0.15) is 0 Å². The fourth-order valence-electron chi connectivity index (χ4n) is 1.05. The fourth-order valence-corrected chi connectivity index (χ4v) is 2.53. The van der Waals surface area contributed by atoms with Crippen molar-refractivity contribution in [2.75, 3.05) is 0 Å². The molecule has 1 rings (SSSR count). The molecule has 8 heteroatoms. The fraction of sp³-hybridized carbons (Fsp3) is 1.00. The highest BCUT2D eigenvalue weighted by Gasteiger charge is 2.59. The number of hydrogen-bond acceptors (Lipinski definition) is 0. The third kappa shape index (κ3) is 2.10. The van der Waals surface area contributed by atoms with Gasteiger partial charge >= 0.3 is 14.6 Å². The molecule has 0 aliphatic carbocycles. The third-order valence-corrected chi connectivity index (χ3v) is 3.78. The van der Waals surface area contributed by atoms with Gasteiger partial charge in [0.2, 0.25) is 0 Å². The molecule has 13 heavy (non-hydrogen) atoms. The SMILES string of the molecule is F.FC1C(F)[CH](F)[Al]([F])[CH](F)C1F. The number of hydrogen-bond donors (Lipinski definition) is 0. The van der Waals surface area contributed by atoms with E-state index in [9.17, 15) is 25.5 Å². The third-order valence-electron chi connectivity index (χ3n) is 1.83. The van der Waals surface area contributed by atoms with Gasteiger partial charge in [0.1, 0.15) is 10.1 Å². The molecule has 0 radical (unpaired) electrons. The first-order chi connectivity index (χ1) is 5.46. The Balaban J connectivity index is 0.00000144. The van der Waals surface area contributed by atoms with E-state index in [1.54, 1.807) is 0 Å². The minimum absolute atomic E-state index is 0. The van der Waals surface area contributed by atoms with Gasteiger partial charge in [-0.3, -0.25) is 13.5 Å². The van der Waals surface area contributed by atoms with Crippen LogP contribution in [0.5, 0.6) is 0 Å². The van der Waals surface area contributed by atoms with Crippen molar-refractivity contribution in [3.05, 3.63) is 0 Å². The minimum Gasteiger partial charge on any atom is -0.411 e. The monoisotopic (exact) mass is 226 g/mol. The Labute approximate surface area is 74.1 Å². The van der Waals surface area contributed by atoms with E-state index in [0.29, 0.717) is 0 Å². The predicted molar refractivity (Wildman–Crippen MR) is 33.8 cm³/mol. The van der Waals surface area contributed by atoms with Crippen molar-refractivity contribution in [2.24, 2.45) is 0 Å². The Hall–Kier alpha value is 0.0425. The van der Waals surface area contributed by atoms with Crippen LogP contribution in [-0.4, -0.2) is 43.2 Å². The van der Waals surface area contributed by atoms with Crippen molar-refractivity contribution in [3.8, 4) is 0 Å². The van der Waals surface area contributed by atoms with E-state index in [4.69, 9.17) is 0 Å². The molecule has 1 aliphatic heterocycles. The Morgan fingerprint density at radius 3 is 1.31 bits per heavy atom. The van der Waals surface area contributed by atoms with Crippen LogP contribution in [0.3, 0.4) is 0 Å². The maximum absolute atomic E-state index is 12.4. The van der Waals surface area contributed by atoms with Crippen LogP contribution in [0.4, 0.5) is 30.2 Å². The lowest BCUT2D eigenvalue weighted by Crippen LogP contribution is -2.57. The Bertz CT molecular complexity index is 108. The standard InChI is InChI=1S/C5H5F5.Al.2FH/c6-1-3(8)5(10)4(9)2-7;;;/h1-5H;;2*1H/q;+1;;/p-1. The van der Waals surface area contributed by atoms with Crippen LogP contribution < -0.4 is 0 Å². The van der Waals surface area contributed by atoms with Crippen molar-refractivity contribution in [1.29, 1.82) is 0 Å². The van der Waals surface area contributed by atoms with E-state index in [0.717, 1.165) is 0 Å². The summed E-state index contributed by atoms with van der Waals surface area (Å²) in [6.07, 6.45) is -8.59. The maximum Gasteiger partial charge on any atom is 0.596 e. The molecule has 0 nitrogen and oxygen atoms in total. The summed E-state index contributed by atoms with van der Waals surface area (Å²) >= 11 is -4.26. The van der Waals surface area contributed by atoms with E-state index >= 15 is 0 Å². The minimum atomic E-state index is -4.26. The number of rotatable bonds is 0. The molecule has 1 saturated heterocycles. The molecular formula is C5H6AlF7. The topological polar surface area (TPSA) is 0 Å². The van der Waals surface area contributed by atoms with Crippen molar-refractivity contribution in [3.63, 3.8) is 0 Å².